The van der Waals surface area contributed by atoms with Crippen LogP contribution in [-0.2, 0) is 39.0 Å². The predicted molar refractivity (Wildman–Crippen MR) is 320 cm³/mol. The van der Waals surface area contributed by atoms with Crippen molar-refractivity contribution in [3.63, 3.8) is 0 Å². The van der Waals surface area contributed by atoms with Gasteiger partial charge in [-0.3, -0.25) is 38.3 Å². The Labute approximate surface area is 526 Å². The molecule has 4 fully saturated rings. The van der Waals surface area contributed by atoms with Crippen molar-refractivity contribution in [2.75, 3.05) is 102 Å². The molecule has 8 N–H and O–H groups in total. The molecule has 5 aliphatic rings. The van der Waals surface area contributed by atoms with Crippen LogP contribution in [0.15, 0.2) is 56.8 Å². The SMILES string of the molecule is Cc1cc2c(=O)[nH]c(=O)[nH]c2c(I)c1Cl.Cc1cc2c(=O)[nH]c(=O)[nH]c2c(SCC2(CO)COC2)c1Cl.Cc1cc2c(=O)[nH]c(=O)n3c2c(c1Cl)SCC1(COC1)C3.OCC1(CBr)COC1.OCC1(CS)COC1.[2H]CF.[Na+].[SH-]. The van der Waals surface area contributed by atoms with E-state index in [0.29, 0.717) is 121 Å². The fourth-order valence-electron chi connectivity index (χ4n) is 7.93. The Bertz CT molecular complexity index is 3440. The summed E-state index contributed by atoms with van der Waals surface area (Å²) in [5.41, 5.74) is 1.08. The zero-order valence-electron chi connectivity index (χ0n) is 43.6. The second-order valence-electron chi connectivity index (χ2n) is 19.2. The first-order valence-electron chi connectivity index (χ1n) is 23.7. The molecule has 30 heteroatoms. The number of nitrogens with one attached hydrogen (secondary N) is 5. The predicted octanol–water partition coefficient (Wildman–Crippen LogP) is 2.47. The molecule has 0 saturated carbocycles. The molecule has 11 rings (SSSR count). The van der Waals surface area contributed by atoms with Crippen molar-refractivity contribution in [1.82, 2.24) is 29.5 Å². The number of H-pyrrole nitrogens is 5. The first-order chi connectivity index (χ1) is 36.5. The van der Waals surface area contributed by atoms with Crippen molar-refractivity contribution in [3.8, 4) is 0 Å². The number of fused-ring (bicyclic) bond motifs is 2. The molecule has 78 heavy (non-hydrogen) atoms. The van der Waals surface area contributed by atoms with E-state index < -0.39 is 29.7 Å². The monoisotopic (exact) mass is 1410 g/mol. The van der Waals surface area contributed by atoms with Crippen molar-refractivity contribution >= 4 is 156 Å². The summed E-state index contributed by atoms with van der Waals surface area (Å²) in [6.45, 7) is 11.5. The molecule has 3 aromatic heterocycles. The Kier molecular flexibility index (Phi) is 25.9. The van der Waals surface area contributed by atoms with E-state index in [0.717, 1.165) is 38.4 Å². The number of rotatable bonds is 8. The van der Waals surface area contributed by atoms with E-state index in [1.165, 1.54) is 11.8 Å². The zero-order chi connectivity index (χ0) is 56.6. The summed E-state index contributed by atoms with van der Waals surface area (Å²) in [5.74, 6) is 2.15. The number of nitrogens with zero attached hydrogens (tertiary/aromatic N) is 1. The first-order valence-corrected chi connectivity index (χ1v) is 28.9. The van der Waals surface area contributed by atoms with Crippen molar-refractivity contribution < 1.29 is 69.6 Å². The Balaban J connectivity index is 0.000000219. The van der Waals surface area contributed by atoms with Crippen LogP contribution in [-0.4, -0.2) is 147 Å². The summed E-state index contributed by atoms with van der Waals surface area (Å²) in [6.07, 6.45) is 0. The molecule has 4 saturated heterocycles. The van der Waals surface area contributed by atoms with Gasteiger partial charge in [0.1, 0.15) is 0 Å². The van der Waals surface area contributed by atoms with Crippen LogP contribution in [0.25, 0.3) is 32.7 Å². The number of thiol groups is 2. The third-order valence-corrected chi connectivity index (χ3v) is 20.8. The molecule has 5 aliphatic heterocycles. The Morgan fingerprint density at radius 2 is 1.18 bits per heavy atom. The number of alkyl halides is 2. The van der Waals surface area contributed by atoms with E-state index >= 15 is 0 Å². The van der Waals surface area contributed by atoms with E-state index in [2.05, 4.69) is 53.5 Å². The van der Waals surface area contributed by atoms with Gasteiger partial charge in [-0.15, -0.1) is 23.5 Å². The van der Waals surface area contributed by atoms with Crippen LogP contribution >= 0.6 is 109 Å². The van der Waals surface area contributed by atoms with Gasteiger partial charge in [0.25, 0.3) is 16.7 Å². The van der Waals surface area contributed by atoms with Gasteiger partial charge in [-0.25, -0.2) is 14.4 Å². The number of hydrogen-bond donors (Lipinski definition) is 9. The Hall–Kier alpha value is -1.39. The number of aromatic nitrogens is 6. The van der Waals surface area contributed by atoms with Crippen LogP contribution in [0.3, 0.4) is 0 Å². The minimum atomic E-state index is -1.00. The summed E-state index contributed by atoms with van der Waals surface area (Å²) >= 11 is 31.2. The van der Waals surface area contributed by atoms with Crippen LogP contribution < -0.4 is 63.3 Å². The summed E-state index contributed by atoms with van der Waals surface area (Å²) in [6, 6.07) is 5.07. The molecule has 0 atom stereocenters. The maximum absolute atomic E-state index is 12.3. The average molecular weight is 1410 g/mol. The first kappa shape index (κ1) is 67.4. The molecular formula is C48H57BrCl3FIN6NaO13S4. The normalized spacial score (nSPS) is 17.4. The van der Waals surface area contributed by atoms with Gasteiger partial charge in [-0.1, -0.05) is 50.7 Å². The Morgan fingerprint density at radius 1 is 0.731 bits per heavy atom. The van der Waals surface area contributed by atoms with Gasteiger partial charge in [0.05, 0.1) is 142 Å². The molecule has 0 bridgehead atoms. The average Bonchev–Trinajstić information content (AvgIpc) is 3.54. The smallest absolute Gasteiger partial charge is 0.813 e. The number of aliphatic hydroxyl groups is 3. The summed E-state index contributed by atoms with van der Waals surface area (Å²) < 4.78 is 38.2. The van der Waals surface area contributed by atoms with Crippen LogP contribution in [0.4, 0.5) is 4.39 Å². The molecular weight excluding hydrogens is 1350 g/mol. The van der Waals surface area contributed by atoms with Gasteiger partial charge in [0.15, 0.2) is 0 Å². The van der Waals surface area contributed by atoms with Gasteiger partial charge < -0.3 is 57.7 Å². The molecule has 424 valence electrons. The fraction of sp³-hybridized carbons (Fsp3) is 0.500. The Morgan fingerprint density at radius 3 is 1.60 bits per heavy atom. The topological polar surface area (TPSA) is 284 Å². The molecule has 19 nitrogen and oxygen atoms in total. The van der Waals surface area contributed by atoms with E-state index in [1.54, 1.807) is 34.5 Å². The van der Waals surface area contributed by atoms with Gasteiger partial charge in [0.2, 0.25) is 0 Å². The van der Waals surface area contributed by atoms with Crippen LogP contribution in [0.5, 0.6) is 0 Å². The van der Waals surface area contributed by atoms with Gasteiger partial charge in [-0.05, 0) is 78.3 Å². The second-order valence-corrected chi connectivity index (χ2v) is 24.3. The summed E-state index contributed by atoms with van der Waals surface area (Å²) in [5, 5.41) is 30.8. The summed E-state index contributed by atoms with van der Waals surface area (Å²) in [4.78, 5) is 84.0. The van der Waals surface area contributed by atoms with Crippen LogP contribution in [0.2, 0.25) is 15.1 Å². The van der Waals surface area contributed by atoms with E-state index in [9.17, 15) is 38.3 Å². The van der Waals surface area contributed by atoms with E-state index in [4.69, 9.17) is 65.3 Å². The number of aromatic amines is 5. The third-order valence-electron chi connectivity index (χ3n) is 13.0. The summed E-state index contributed by atoms with van der Waals surface area (Å²) in [7, 11) is -1.00. The zero-order valence-corrected chi connectivity index (χ0v) is 54.0. The largest absolute Gasteiger partial charge is 1.00 e. The van der Waals surface area contributed by atoms with Crippen molar-refractivity contribution in [2.45, 2.75) is 37.1 Å². The van der Waals surface area contributed by atoms with Crippen molar-refractivity contribution in [1.29, 1.82) is 0 Å². The van der Waals surface area contributed by atoms with Gasteiger partial charge in [-0.2, -0.15) is 12.6 Å². The molecule has 6 aromatic rings. The van der Waals surface area contributed by atoms with E-state index in [-0.39, 0.29) is 95.8 Å². The minimum absolute atomic E-state index is 0. The van der Waals surface area contributed by atoms with Gasteiger partial charge in [0, 0.05) is 50.8 Å². The van der Waals surface area contributed by atoms with Gasteiger partial charge >= 0.3 is 46.6 Å². The van der Waals surface area contributed by atoms with Crippen LogP contribution in [0, 0.1) is 46.0 Å². The van der Waals surface area contributed by atoms with Crippen molar-refractivity contribution in [2.24, 2.45) is 21.7 Å². The number of ether oxygens (including phenoxy) is 4. The fourth-order valence-corrected chi connectivity index (χ4v) is 13.0. The molecule has 3 aromatic carbocycles. The number of thioether (sulfide) groups is 2. The maximum Gasteiger partial charge on any atom is 1.00 e. The number of hydrogen-bond acceptors (Lipinski definition) is 17. The second kappa shape index (κ2) is 29.9. The third kappa shape index (κ3) is 15.3. The molecule has 8 heterocycles. The standard InChI is InChI=1S/C14H15ClN2O4S.C14H13ClN2O3S.C9H6ClIN2O2.C5H9BrO2.C5H10O2S.CH3F.Na.H2S/c1-7-2-8-10(16-13(20)17-12(8)19)11(9(7)15)22-6-14(3-18)4-21-5-14;1-7-2-8-10-11(9(7)15)21-6-14(4-20-5-14)3-17(10)13(19)16-12(8)18;1-3-2-4-7(6(11)5(3)10)12-9(15)13-8(4)14;6-1-5(2-7)3-8-4-5;6-1-5(4-8)2-7-3-5;1-2;;/h2,18H,3-6H2,1H3,(H2,16,17,19,20);2H,3-6H2,1H3,(H,16,18,19);2H,1H3,(H2,12,13,14,15);7H,1-4H2;6,8H,1-4H2;1H3;;1H2/q;;;;;;+1;/p-1/i;;;;;1D;;. The van der Waals surface area contributed by atoms with Crippen LogP contribution in [0.1, 0.15) is 18.1 Å². The minimum Gasteiger partial charge on any atom is -0.813 e. The maximum atomic E-state index is 12.3. The number of aryl methyl sites for hydroxylation is 3. The quantitative estimate of drug-likeness (QED) is 0.0264. The van der Waals surface area contributed by atoms with E-state index in [1.807, 2.05) is 43.4 Å². The molecule has 1 spiro atoms. The molecule has 0 amide bonds. The number of aliphatic hydroxyl groups excluding tert-OH is 3. The number of benzene rings is 3. The molecule has 0 radical (unpaired) electrons. The number of halogens is 6. The van der Waals surface area contributed by atoms with Crippen molar-refractivity contribution in [3.05, 3.63) is 116 Å². The molecule has 0 unspecified atom stereocenters. The molecule has 0 aliphatic carbocycles.